The van der Waals surface area contributed by atoms with Gasteiger partial charge < -0.3 is 18.6 Å². The first-order valence-electron chi connectivity index (χ1n) is 30.0. The van der Waals surface area contributed by atoms with E-state index in [-0.39, 0.29) is 5.92 Å². The van der Waals surface area contributed by atoms with E-state index < -0.39 is 5.41 Å². The van der Waals surface area contributed by atoms with E-state index in [1.54, 1.807) is 22.7 Å². The quantitative estimate of drug-likeness (QED) is 0.129. The Bertz CT molecular complexity index is 5400. The van der Waals surface area contributed by atoms with Gasteiger partial charge in [0.15, 0.2) is 0 Å². The number of hydrogen-bond acceptors (Lipinski definition) is 8. The lowest BCUT2D eigenvalue weighted by Gasteiger charge is -2.35. The zero-order valence-corrected chi connectivity index (χ0v) is 49.5. The monoisotopic (exact) mass is 1170 g/mol. The molecule has 4 aromatic heterocycles. The first-order chi connectivity index (χ1) is 44.1. The molecule has 8 heteroatoms. The number of benzene rings is 11. The lowest BCUT2D eigenvalue weighted by Crippen LogP contribution is -2.29. The van der Waals surface area contributed by atoms with Crippen LogP contribution in [-0.2, 0) is 5.41 Å². The Morgan fingerprint density at radius 1 is 0.438 bits per heavy atom. The van der Waals surface area contributed by atoms with Crippen molar-refractivity contribution in [1.29, 1.82) is 0 Å². The van der Waals surface area contributed by atoms with Gasteiger partial charge in [-0.1, -0.05) is 152 Å². The molecule has 0 bridgehead atoms. The van der Waals surface area contributed by atoms with Crippen molar-refractivity contribution in [2.75, 3.05) is 9.80 Å². The standard InChI is InChI=1S/C81H50N4O2S2/c1-3-15-55(16-4-1)81(56-17-5-2-6-18-56)69-47-54(51-27-34-57(35-28-51)84(61-41-45-67-65-19-7-11-23-73(65)86-75(67)49-61)58-36-29-52(30-37-58)79-82-71-21-9-13-25-77(71)88-79)33-43-63(69)64-44-40-60(48-70(64)81)85(62-42-46-68-66-20-8-12-24-74(66)87-76(68)50-62)59-38-31-53(32-39-59)80-83-72-22-10-14-26-78(72)89-80/h1-12,14-24,26-27,29-51H,28H2. The van der Waals surface area contributed by atoms with Crippen LogP contribution < -0.4 is 9.80 Å². The van der Waals surface area contributed by atoms with Gasteiger partial charge in [-0.25, -0.2) is 9.97 Å². The summed E-state index contributed by atoms with van der Waals surface area (Å²) in [7, 11) is 0. The second-order valence-electron chi connectivity index (χ2n) is 23.0. The van der Waals surface area contributed by atoms with Crippen molar-refractivity contribution < 1.29 is 8.83 Å². The van der Waals surface area contributed by atoms with Crippen molar-refractivity contribution in [2.45, 2.75) is 17.8 Å². The van der Waals surface area contributed by atoms with E-state index >= 15 is 0 Å². The topological polar surface area (TPSA) is 58.5 Å². The third-order valence-corrected chi connectivity index (χ3v) is 20.1. The number of anilines is 5. The van der Waals surface area contributed by atoms with Crippen LogP contribution in [0.5, 0.6) is 0 Å². The van der Waals surface area contributed by atoms with Crippen LogP contribution in [-0.4, -0.2) is 9.97 Å². The van der Waals surface area contributed by atoms with Crippen LogP contribution in [0.25, 0.3) is 96.6 Å². The summed E-state index contributed by atoms with van der Waals surface area (Å²) in [6, 6.07) is 103. The molecule has 89 heavy (non-hydrogen) atoms. The number of furan rings is 2. The van der Waals surface area contributed by atoms with Crippen molar-refractivity contribution in [3.63, 3.8) is 0 Å². The molecule has 1 unspecified atom stereocenters. The summed E-state index contributed by atoms with van der Waals surface area (Å²) in [5.74, 6) is 0.108. The second kappa shape index (κ2) is 20.5. The van der Waals surface area contributed by atoms with Crippen LogP contribution in [0.1, 0.15) is 40.2 Å². The zero-order chi connectivity index (χ0) is 58.6. The number of thiazole rings is 2. The zero-order valence-electron chi connectivity index (χ0n) is 47.8. The number of para-hydroxylation sites is 3. The third-order valence-electron chi connectivity index (χ3n) is 18.0. The number of fused-ring (bicyclic) bond motifs is 11. The lowest BCUT2D eigenvalue weighted by atomic mass is 9.67. The Labute approximate surface area is 521 Å². The maximum absolute atomic E-state index is 6.60. The summed E-state index contributed by atoms with van der Waals surface area (Å²) >= 11 is 3.36. The number of nitrogens with zero attached hydrogens (tertiary/aromatic N) is 4. The first kappa shape index (κ1) is 51.2. The van der Waals surface area contributed by atoms with Crippen LogP contribution in [0.2, 0.25) is 0 Å². The van der Waals surface area contributed by atoms with Crippen LogP contribution >= 0.6 is 22.7 Å². The predicted octanol–water partition coefficient (Wildman–Crippen LogP) is 22.2. The van der Waals surface area contributed by atoms with Crippen LogP contribution in [0.3, 0.4) is 0 Å². The van der Waals surface area contributed by atoms with E-state index in [2.05, 4.69) is 271 Å². The molecule has 4 heterocycles. The van der Waals surface area contributed by atoms with Crippen LogP contribution in [0, 0.1) is 12.1 Å². The Morgan fingerprint density at radius 2 is 0.966 bits per heavy atom. The maximum Gasteiger partial charge on any atom is 0.137 e. The van der Waals surface area contributed by atoms with Gasteiger partial charge in [0.05, 0.1) is 21.1 Å². The fraction of sp³-hybridized carbons (Fsp3) is 0.0370. The second-order valence-corrected chi connectivity index (χ2v) is 25.0. The van der Waals surface area contributed by atoms with Crippen molar-refractivity contribution in [1.82, 2.24) is 9.97 Å². The largest absolute Gasteiger partial charge is 0.456 e. The smallest absolute Gasteiger partial charge is 0.137 e. The highest BCUT2D eigenvalue weighted by atomic mass is 32.1. The molecule has 0 N–H and O–H groups in total. The summed E-state index contributed by atoms with van der Waals surface area (Å²) < 4.78 is 15.3. The number of hydrogen-bond donors (Lipinski definition) is 0. The normalized spacial score (nSPS) is 14.2. The number of rotatable bonds is 11. The van der Waals surface area contributed by atoms with Crippen LogP contribution in [0.15, 0.2) is 300 Å². The molecule has 0 fully saturated rings. The summed E-state index contributed by atoms with van der Waals surface area (Å²) in [5.41, 5.74) is 21.7. The van der Waals surface area contributed by atoms with Crippen LogP contribution in [0.4, 0.5) is 28.4 Å². The molecule has 2 aliphatic carbocycles. The molecule has 0 spiro atoms. The minimum absolute atomic E-state index is 0.108. The third kappa shape index (κ3) is 8.38. The molecule has 18 rings (SSSR count). The molecular weight excluding hydrogens is 1130 g/mol. The molecule has 418 valence electrons. The highest BCUT2D eigenvalue weighted by molar-refractivity contribution is 7.22. The number of aromatic nitrogens is 2. The van der Waals surface area contributed by atoms with Gasteiger partial charge in [-0.3, -0.25) is 0 Å². The highest BCUT2D eigenvalue weighted by Crippen LogP contribution is 2.58. The molecule has 6 nitrogen and oxygen atoms in total. The highest BCUT2D eigenvalue weighted by Gasteiger charge is 2.47. The molecule has 1 atom stereocenters. The van der Waals surface area contributed by atoms with Crippen molar-refractivity contribution in [3.8, 4) is 32.3 Å². The Balaban J connectivity index is 0.747. The Hall–Kier alpha value is -11.1. The SMILES string of the molecule is c1ccc2nc(-c3ccc(N(C4=CCC(c5ccc6c(c5)C(c5ccccc5)(c5ccccc5)c5cc(N(c7ccc(-c8nc9ccccc9s8)cc7)c7ccc8c(c7)oc7ccccc78)ccc5-6)C=C4)c4ccc5c(c4)oc4ccccc45)cc3)sc2c#1. The average molecular weight is 1180 g/mol. The minimum atomic E-state index is -0.677. The Morgan fingerprint density at radius 3 is 1.61 bits per heavy atom. The van der Waals surface area contributed by atoms with E-state index in [1.165, 1.54) is 43.6 Å². The summed E-state index contributed by atoms with van der Waals surface area (Å²) in [4.78, 5) is 14.7. The lowest BCUT2D eigenvalue weighted by molar-refractivity contribution is 0.668. The van der Waals surface area contributed by atoms with Gasteiger partial charge in [0, 0.05) is 84.9 Å². The van der Waals surface area contributed by atoms with E-state index in [1.807, 2.05) is 36.4 Å². The minimum Gasteiger partial charge on any atom is -0.456 e. The van der Waals surface area contributed by atoms with Crippen molar-refractivity contribution >= 4 is 115 Å². The predicted molar refractivity (Wildman–Crippen MR) is 367 cm³/mol. The Kier molecular flexibility index (Phi) is 11.8. The molecule has 0 amide bonds. The first-order valence-corrected chi connectivity index (χ1v) is 31.7. The summed E-state index contributed by atoms with van der Waals surface area (Å²) in [6.07, 6.45) is 7.91. The van der Waals surface area contributed by atoms with Crippen molar-refractivity contribution in [3.05, 3.63) is 331 Å². The molecule has 0 saturated heterocycles. The van der Waals surface area contributed by atoms with Gasteiger partial charge in [-0.15, -0.1) is 22.7 Å². The molecule has 16 aromatic rings. The fourth-order valence-corrected chi connectivity index (χ4v) is 15.8. The van der Waals surface area contributed by atoms with Gasteiger partial charge in [-0.05, 0) is 179 Å². The molecular formula is C81H50N4O2S2. The summed E-state index contributed by atoms with van der Waals surface area (Å²) in [5, 5.41) is 6.36. The van der Waals surface area contributed by atoms with Gasteiger partial charge >= 0.3 is 0 Å². The maximum atomic E-state index is 6.60. The van der Waals surface area contributed by atoms with E-state index in [0.717, 1.165) is 121 Å². The van der Waals surface area contributed by atoms with Gasteiger partial charge in [0.25, 0.3) is 0 Å². The van der Waals surface area contributed by atoms with Gasteiger partial charge in [0.2, 0.25) is 0 Å². The molecule has 0 radical (unpaired) electrons. The van der Waals surface area contributed by atoms with Gasteiger partial charge in [-0.2, -0.15) is 0 Å². The molecule has 2 aliphatic rings. The fourth-order valence-electron chi connectivity index (χ4n) is 13.9. The molecule has 12 aromatic carbocycles. The van der Waals surface area contributed by atoms with E-state index in [4.69, 9.17) is 18.8 Å². The van der Waals surface area contributed by atoms with E-state index in [0.29, 0.717) is 0 Å². The molecule has 0 aliphatic heterocycles. The molecule has 0 saturated carbocycles. The summed E-state index contributed by atoms with van der Waals surface area (Å²) in [6.45, 7) is 0. The van der Waals surface area contributed by atoms with Gasteiger partial charge in [0.1, 0.15) is 37.0 Å². The van der Waals surface area contributed by atoms with E-state index in [9.17, 15) is 0 Å². The average Bonchev–Trinajstić information content (AvgIpc) is 1.63. The van der Waals surface area contributed by atoms with Crippen molar-refractivity contribution in [2.24, 2.45) is 0 Å². The number of allylic oxidation sites excluding steroid dienone is 3.